The van der Waals surface area contributed by atoms with Gasteiger partial charge in [0, 0.05) is 86.7 Å². The highest BCUT2D eigenvalue weighted by Crippen LogP contribution is 2.32. The number of aliphatic hydroxyl groups excluding tert-OH is 1. The van der Waals surface area contributed by atoms with Crippen LogP contribution in [0.15, 0.2) is 29.3 Å². The van der Waals surface area contributed by atoms with Gasteiger partial charge < -0.3 is 39.9 Å². The number of thiazole rings is 1. The molecule has 5 atom stereocenters. The fourth-order valence-electron chi connectivity index (χ4n) is 8.35. The molecule has 4 amide bonds. The van der Waals surface area contributed by atoms with E-state index >= 15 is 0 Å². The molecule has 0 bridgehead atoms. The lowest BCUT2D eigenvalue weighted by molar-refractivity contribution is -0.433. The number of carbonyl (C=O) groups is 6. The highest BCUT2D eigenvalue weighted by molar-refractivity contribution is 7.09. The number of hydrogen-bond donors (Lipinski definition) is 4. The first-order chi connectivity index (χ1) is 32.1. The molecule has 0 aromatic carbocycles. The molecular formula is C47H70BF2N8O9S+. The lowest BCUT2D eigenvalue weighted by atomic mass is 9.94. The second-order valence-electron chi connectivity index (χ2n) is 18.3. The molecule has 0 spiro atoms. The van der Waals surface area contributed by atoms with Gasteiger partial charge in [0.05, 0.1) is 12.1 Å². The van der Waals surface area contributed by atoms with Crippen molar-refractivity contribution in [2.45, 2.75) is 137 Å². The Morgan fingerprint density at radius 1 is 1.09 bits per heavy atom. The normalized spacial score (nSPS) is 17.5. The molecule has 0 saturated carbocycles. The summed E-state index contributed by atoms with van der Waals surface area (Å²) >= 11 is 1.07. The quantitative estimate of drug-likeness (QED) is 0.0371. The minimum Gasteiger partial charge on any atom is -0.455 e. The molecule has 0 aliphatic carbocycles. The summed E-state index contributed by atoms with van der Waals surface area (Å²) in [5.74, 6) is -3.41. The van der Waals surface area contributed by atoms with Gasteiger partial charge in [-0.3, -0.25) is 42.3 Å². The van der Waals surface area contributed by atoms with Crippen molar-refractivity contribution >= 4 is 66.1 Å². The largest absolute Gasteiger partial charge is 0.677 e. The number of aliphatic hydroxyl groups is 1. The molecule has 0 radical (unpaired) electrons. The van der Waals surface area contributed by atoms with Crippen molar-refractivity contribution in [3.63, 3.8) is 0 Å². The number of aryl methyl sites for hydroxylation is 2. The van der Waals surface area contributed by atoms with Crippen LogP contribution >= 0.6 is 11.3 Å². The third kappa shape index (κ3) is 15.4. The van der Waals surface area contributed by atoms with Crippen molar-refractivity contribution in [3.8, 4) is 0 Å². The van der Waals surface area contributed by atoms with E-state index in [0.717, 1.165) is 39.9 Å². The summed E-state index contributed by atoms with van der Waals surface area (Å²) in [7, 11) is 0.977. The Kier molecular flexibility index (Phi) is 21.1. The maximum absolute atomic E-state index is 14.7. The minimum atomic E-state index is -2.68. The summed E-state index contributed by atoms with van der Waals surface area (Å²) in [5, 5.41) is 21.3. The van der Waals surface area contributed by atoms with Gasteiger partial charge in [0.1, 0.15) is 23.8 Å². The number of piperidine rings is 1. The Morgan fingerprint density at radius 2 is 1.79 bits per heavy atom. The molecule has 17 nitrogen and oxygen atoms in total. The number of hydrogen-bond acceptors (Lipinski definition) is 12. The lowest BCUT2D eigenvalue weighted by Gasteiger charge is -2.39. The first-order valence-corrected chi connectivity index (χ1v) is 24.3. The van der Waals surface area contributed by atoms with Gasteiger partial charge in [-0.25, -0.2) is 4.98 Å². The zero-order valence-electron chi connectivity index (χ0n) is 41.1. The van der Waals surface area contributed by atoms with Crippen molar-refractivity contribution in [1.29, 1.82) is 0 Å². The smallest absolute Gasteiger partial charge is 0.455 e. The van der Waals surface area contributed by atoms with Crippen LogP contribution in [-0.4, -0.2) is 142 Å². The number of nitrogens with one attached hydrogen (secondary N) is 3. The molecule has 68 heavy (non-hydrogen) atoms. The fraction of sp³-hybridized carbons (Fsp3) is 0.617. The molecule has 2 aromatic rings. The van der Waals surface area contributed by atoms with Gasteiger partial charge in [-0.2, -0.15) is 4.58 Å². The van der Waals surface area contributed by atoms with E-state index < -0.39 is 74.1 Å². The number of aromatic nitrogens is 2. The highest BCUT2D eigenvalue weighted by Gasteiger charge is 2.40. The van der Waals surface area contributed by atoms with E-state index in [4.69, 9.17) is 9.47 Å². The number of likely N-dealkylation sites (tertiary alicyclic amines) is 1. The first-order valence-electron chi connectivity index (χ1n) is 23.4. The molecule has 2 aliphatic rings. The zero-order valence-corrected chi connectivity index (χ0v) is 41.9. The second-order valence-corrected chi connectivity index (χ2v) is 19.2. The summed E-state index contributed by atoms with van der Waals surface area (Å²) in [6, 6.07) is -0.940. The molecule has 2 unspecified atom stereocenters. The van der Waals surface area contributed by atoms with Crippen LogP contribution in [0.5, 0.6) is 0 Å². The molecule has 1 saturated heterocycles. The van der Waals surface area contributed by atoms with E-state index in [1.54, 1.807) is 32.9 Å². The third-order valence-corrected chi connectivity index (χ3v) is 13.1. The van der Waals surface area contributed by atoms with Gasteiger partial charge in [0.15, 0.2) is 18.5 Å². The Balaban J connectivity index is 1.42. The molecule has 1 fully saturated rings. The van der Waals surface area contributed by atoms with E-state index in [1.165, 1.54) is 17.2 Å². The predicted octanol–water partition coefficient (Wildman–Crippen LogP) is 4.79. The van der Waals surface area contributed by atoms with Gasteiger partial charge >= 0.3 is 19.3 Å². The Hall–Kier alpha value is -5.28. The SMILES string of the molecule is CC[C@H](O)[C@H](NC(=O)[C@H]1CCCCN1C)C(=O)N(COC(=O)CC(C)C)C(CC(OC(C)=O)c1nc(C(=O)NCCNC(=O)CCC2=[N+](C)/C(=C\c3c(C)cc(C)n3B(F)F)C=C2)cs1)C(C)C. The third-order valence-electron chi connectivity index (χ3n) is 12.2. The van der Waals surface area contributed by atoms with Gasteiger partial charge in [-0.15, -0.1) is 11.3 Å². The number of carbonyl (C=O) groups excluding carboxylic acids is 6. The van der Waals surface area contributed by atoms with Crippen LogP contribution in [0, 0.1) is 25.7 Å². The number of likely N-dealkylation sites (N-methyl/N-ethyl adjacent to an activating group) is 2. The van der Waals surface area contributed by atoms with Crippen LogP contribution in [0.3, 0.4) is 0 Å². The van der Waals surface area contributed by atoms with Gasteiger partial charge in [0.2, 0.25) is 17.5 Å². The van der Waals surface area contributed by atoms with E-state index in [1.807, 2.05) is 63.4 Å². The maximum atomic E-state index is 14.7. The fourth-order valence-corrected chi connectivity index (χ4v) is 9.19. The number of halogens is 2. The van der Waals surface area contributed by atoms with Gasteiger partial charge in [-0.05, 0) is 70.2 Å². The number of allylic oxidation sites excluding steroid dienone is 2. The average molecular weight is 972 g/mol. The molecular weight excluding hydrogens is 901 g/mol. The molecule has 21 heteroatoms. The monoisotopic (exact) mass is 972 g/mol. The number of rotatable bonds is 24. The van der Waals surface area contributed by atoms with E-state index in [-0.39, 0.29) is 67.2 Å². The number of nitrogens with zero attached hydrogens (tertiary/aromatic N) is 5. The lowest BCUT2D eigenvalue weighted by Crippen LogP contribution is -2.60. The van der Waals surface area contributed by atoms with Crippen LogP contribution in [0.2, 0.25) is 0 Å². The van der Waals surface area contributed by atoms with Crippen molar-refractivity contribution < 1.29 is 56.6 Å². The van der Waals surface area contributed by atoms with Crippen LogP contribution < -0.4 is 16.0 Å². The van der Waals surface area contributed by atoms with E-state index in [0.29, 0.717) is 36.5 Å². The van der Waals surface area contributed by atoms with E-state index in [2.05, 4.69) is 20.9 Å². The van der Waals surface area contributed by atoms with Gasteiger partial charge in [-0.1, -0.05) is 41.0 Å². The summed E-state index contributed by atoms with van der Waals surface area (Å²) in [6.45, 7) is 14.1. The maximum Gasteiger partial charge on any atom is 0.677 e. The van der Waals surface area contributed by atoms with Crippen LogP contribution in [0.4, 0.5) is 8.63 Å². The van der Waals surface area contributed by atoms with Crippen LogP contribution in [0.25, 0.3) is 6.08 Å². The van der Waals surface area contributed by atoms with Gasteiger partial charge in [0.25, 0.3) is 11.8 Å². The standard InChI is InChI=1S/C47H69BF2N8O9S/c1-11-39(60)43(54-45(64)36-14-12-13-21-55(36)9)47(65)57(27-66-42(62)22-28(2)3)37(29(4)5)25-40(67-32(8)59)46-53-35(26-68-46)44(63)52-20-19-51-41(61)18-17-33-15-16-34(56(33)10)24-38-30(6)23-31(7)58(38)48(49)50/h15-16,23-24,26,28-29,36-37,39-40,43,60H,11-14,17-22,25,27H2,1-10H3,(H2-,51,52,54,61,63,64)/p+1/t36-,37?,39+,40?,43+/m1/s1. The summed E-state index contributed by atoms with van der Waals surface area (Å²) in [6.07, 6.45) is 6.15. The van der Waals surface area contributed by atoms with Crippen molar-refractivity contribution in [2.24, 2.45) is 11.8 Å². The number of esters is 2. The second kappa shape index (κ2) is 25.9. The first kappa shape index (κ1) is 55.3. The minimum absolute atomic E-state index is 0.0253. The Labute approximate surface area is 403 Å². The highest BCUT2D eigenvalue weighted by atomic mass is 32.1. The van der Waals surface area contributed by atoms with Crippen molar-refractivity contribution in [3.05, 3.63) is 56.9 Å². The Morgan fingerprint density at radius 3 is 2.43 bits per heavy atom. The van der Waals surface area contributed by atoms with Crippen molar-refractivity contribution in [2.75, 3.05) is 40.5 Å². The number of ether oxygens (including phenoxy) is 2. The summed E-state index contributed by atoms with van der Waals surface area (Å²) in [5.41, 5.74) is 3.20. The van der Waals surface area contributed by atoms with E-state index in [9.17, 15) is 42.5 Å². The van der Waals surface area contributed by atoms with Crippen LogP contribution in [-0.2, 0) is 33.4 Å². The zero-order chi connectivity index (χ0) is 50.4. The molecule has 4 N–H and O–H groups in total. The predicted molar refractivity (Wildman–Crippen MR) is 256 cm³/mol. The average Bonchev–Trinajstić information content (AvgIpc) is 3.98. The summed E-state index contributed by atoms with van der Waals surface area (Å²) in [4.78, 5) is 87.4. The molecule has 2 aromatic heterocycles. The summed E-state index contributed by atoms with van der Waals surface area (Å²) < 4.78 is 41.7. The van der Waals surface area contributed by atoms with Crippen LogP contribution in [0.1, 0.15) is 131 Å². The molecule has 4 heterocycles. The topological polar surface area (TPSA) is 205 Å². The molecule has 2 aliphatic heterocycles. The molecule has 374 valence electrons. The molecule has 4 rings (SSSR count). The number of amides is 4. The van der Waals surface area contributed by atoms with Crippen molar-refractivity contribution in [1.82, 2.24) is 35.2 Å². The Bertz CT molecular complexity index is 2210.